The van der Waals surface area contributed by atoms with Crippen LogP contribution < -0.4 is 11.3 Å². The van der Waals surface area contributed by atoms with Gasteiger partial charge in [-0.1, -0.05) is 43.0 Å². The fourth-order valence-electron chi connectivity index (χ4n) is 3.36. The molecule has 3 heterocycles. The van der Waals surface area contributed by atoms with Crippen molar-refractivity contribution in [2.24, 2.45) is 0 Å². The third kappa shape index (κ3) is 3.59. The number of aromatic nitrogens is 4. The number of fused-ring (bicyclic) bond motifs is 1. The molecule has 0 unspecified atom stereocenters. The summed E-state index contributed by atoms with van der Waals surface area (Å²) in [7, 11) is 0. The van der Waals surface area contributed by atoms with Crippen LogP contribution in [0.25, 0.3) is 23.3 Å². The van der Waals surface area contributed by atoms with Crippen molar-refractivity contribution in [1.29, 1.82) is 0 Å². The van der Waals surface area contributed by atoms with E-state index in [4.69, 9.17) is 15.2 Å². The number of nitrogens with zero attached hydrogens (tertiary/aromatic N) is 3. The molecule has 1 fully saturated rings. The second kappa shape index (κ2) is 8.11. The molecule has 1 aliphatic rings. The van der Waals surface area contributed by atoms with Gasteiger partial charge < -0.3 is 25.4 Å². The van der Waals surface area contributed by atoms with Crippen LogP contribution in [0, 0.1) is 0 Å². The van der Waals surface area contributed by atoms with Gasteiger partial charge in [0.15, 0.2) is 17.4 Å². The van der Waals surface area contributed by atoms with Crippen LogP contribution in [0.15, 0.2) is 48.0 Å². The van der Waals surface area contributed by atoms with Crippen molar-refractivity contribution in [2.45, 2.75) is 24.5 Å². The molecule has 0 spiro atoms. The van der Waals surface area contributed by atoms with Gasteiger partial charge >= 0.3 is 0 Å². The highest BCUT2D eigenvalue weighted by atomic mass is 16.6. The lowest BCUT2D eigenvalue weighted by molar-refractivity contribution is -0.0532. The Morgan fingerprint density at radius 3 is 2.73 bits per heavy atom. The number of hydrogen-bond acceptors (Lipinski definition) is 8. The van der Waals surface area contributed by atoms with Gasteiger partial charge in [-0.05, 0) is 11.6 Å². The number of anilines is 1. The number of imidazole rings is 1. The van der Waals surface area contributed by atoms with E-state index in [1.165, 1.54) is 10.8 Å². The molecule has 5 N–H and O–H groups in total. The van der Waals surface area contributed by atoms with E-state index in [0.29, 0.717) is 5.82 Å². The minimum atomic E-state index is -1.31. The first-order valence-electron chi connectivity index (χ1n) is 9.24. The zero-order valence-electron chi connectivity index (χ0n) is 15.9. The number of aliphatic hydroxyl groups excluding tert-OH is 2. The molecule has 0 saturated carbocycles. The number of ether oxygens (including phenoxy) is 2. The molecular weight excluding hydrogens is 390 g/mol. The highest BCUT2D eigenvalue weighted by Gasteiger charge is 2.45. The van der Waals surface area contributed by atoms with Gasteiger partial charge in [0, 0.05) is 0 Å². The molecule has 1 aromatic carbocycles. The Morgan fingerprint density at radius 2 is 2.00 bits per heavy atom. The maximum atomic E-state index is 12.3. The predicted molar refractivity (Wildman–Crippen MR) is 110 cm³/mol. The summed E-state index contributed by atoms with van der Waals surface area (Å²) in [6.07, 6.45) is 0.273. The van der Waals surface area contributed by atoms with E-state index in [2.05, 4.69) is 21.5 Å². The molecule has 4 atom stereocenters. The summed E-state index contributed by atoms with van der Waals surface area (Å²) in [5, 5.41) is 21.0. The number of aromatic amines is 1. The van der Waals surface area contributed by atoms with Crippen molar-refractivity contribution in [3.63, 3.8) is 0 Å². The van der Waals surface area contributed by atoms with Crippen molar-refractivity contribution in [2.75, 3.05) is 12.3 Å². The van der Waals surface area contributed by atoms with Gasteiger partial charge in [0.25, 0.3) is 5.56 Å². The summed E-state index contributed by atoms with van der Waals surface area (Å²) in [6, 6.07) is 9.48. The van der Waals surface area contributed by atoms with Gasteiger partial charge in [0.2, 0.25) is 5.95 Å². The number of nitrogens with one attached hydrogen (secondary N) is 1. The van der Waals surface area contributed by atoms with Crippen molar-refractivity contribution >= 4 is 29.3 Å². The average molecular weight is 411 g/mol. The van der Waals surface area contributed by atoms with Crippen molar-refractivity contribution in [1.82, 2.24) is 19.5 Å². The molecule has 2 aromatic heterocycles. The van der Waals surface area contributed by atoms with Gasteiger partial charge in [-0.2, -0.15) is 4.98 Å². The van der Waals surface area contributed by atoms with Crippen LogP contribution in [0.4, 0.5) is 5.95 Å². The lowest BCUT2D eigenvalue weighted by atomic mass is 10.1. The molecule has 30 heavy (non-hydrogen) atoms. The zero-order valence-corrected chi connectivity index (χ0v) is 15.9. The van der Waals surface area contributed by atoms with Gasteiger partial charge in [0.05, 0.1) is 6.26 Å². The normalized spacial score (nSPS) is 23.9. The summed E-state index contributed by atoms with van der Waals surface area (Å²) in [5.74, 6) is 0.200. The van der Waals surface area contributed by atoms with E-state index in [1.54, 1.807) is 12.2 Å². The Bertz CT molecular complexity index is 1140. The summed E-state index contributed by atoms with van der Waals surface area (Å²) in [5.41, 5.74) is 6.26. The van der Waals surface area contributed by atoms with E-state index in [-0.39, 0.29) is 23.7 Å². The molecule has 10 heteroatoms. The number of aliphatic hydroxyl groups is 2. The lowest BCUT2D eigenvalue weighted by Crippen LogP contribution is -2.33. The molecule has 4 rings (SSSR count). The van der Waals surface area contributed by atoms with E-state index in [9.17, 15) is 15.0 Å². The Labute approximate surface area is 170 Å². The molecule has 156 valence electrons. The standard InChI is InChI=1S/C20H21N5O5/c1-2-29-10-12-15(26)16(27)19(30-12)25-13(9-8-11-6-4-3-5-7-11)22-14-17(25)23-20(21)24-18(14)28/h2-9,12,15-16,19,26-27H,1,10H2,(H3,21,23,24,28)/t12-,15-,16-,19-/m1/s1. The largest absolute Gasteiger partial charge is 0.499 e. The van der Waals surface area contributed by atoms with Crippen molar-refractivity contribution in [3.05, 3.63) is 64.9 Å². The fourth-order valence-corrected chi connectivity index (χ4v) is 3.36. The van der Waals surface area contributed by atoms with Gasteiger partial charge in [-0.3, -0.25) is 14.3 Å². The maximum Gasteiger partial charge on any atom is 0.280 e. The number of hydrogen-bond donors (Lipinski definition) is 4. The smallest absolute Gasteiger partial charge is 0.280 e. The third-order valence-corrected chi connectivity index (χ3v) is 4.79. The molecule has 1 aliphatic heterocycles. The molecule has 10 nitrogen and oxygen atoms in total. The molecular formula is C20H21N5O5. The monoisotopic (exact) mass is 411 g/mol. The SMILES string of the molecule is C=COC[C@H]1O[C@@H](n2c(C=Cc3ccccc3)nc3c(=O)[nH]c(N)nc32)[C@H](O)[C@@H]1O. The number of rotatable bonds is 6. The first-order chi connectivity index (χ1) is 14.5. The van der Waals surface area contributed by atoms with Gasteiger partial charge in [-0.25, -0.2) is 4.98 Å². The average Bonchev–Trinajstić information content (AvgIpc) is 3.23. The fraction of sp³-hybridized carbons (Fsp3) is 0.250. The van der Waals surface area contributed by atoms with Crippen molar-refractivity contribution in [3.8, 4) is 0 Å². The first-order valence-corrected chi connectivity index (χ1v) is 9.24. The van der Waals surface area contributed by atoms with Gasteiger partial charge in [-0.15, -0.1) is 0 Å². The van der Waals surface area contributed by atoms with Crippen LogP contribution in [0.3, 0.4) is 0 Å². The summed E-state index contributed by atoms with van der Waals surface area (Å²) >= 11 is 0. The zero-order chi connectivity index (χ0) is 21.3. The Kier molecular flexibility index (Phi) is 5.36. The number of H-pyrrole nitrogens is 1. The molecule has 0 radical (unpaired) electrons. The third-order valence-electron chi connectivity index (χ3n) is 4.79. The lowest BCUT2D eigenvalue weighted by Gasteiger charge is -2.18. The highest BCUT2D eigenvalue weighted by Crippen LogP contribution is 2.33. The van der Waals surface area contributed by atoms with Crippen LogP contribution in [0.5, 0.6) is 0 Å². The minimum absolute atomic E-state index is 0.00377. The minimum Gasteiger partial charge on any atom is -0.499 e. The van der Waals surface area contributed by atoms with Crippen LogP contribution in [-0.2, 0) is 9.47 Å². The highest BCUT2D eigenvalue weighted by molar-refractivity contribution is 5.77. The molecule has 0 bridgehead atoms. The summed E-state index contributed by atoms with van der Waals surface area (Å²) in [4.78, 5) is 23.3. The van der Waals surface area contributed by atoms with Crippen LogP contribution >= 0.6 is 0 Å². The number of benzene rings is 1. The van der Waals surface area contributed by atoms with E-state index in [0.717, 1.165) is 5.56 Å². The number of nitrogens with two attached hydrogens (primary N) is 1. The van der Waals surface area contributed by atoms with Crippen molar-refractivity contribution < 1.29 is 19.7 Å². The summed E-state index contributed by atoms with van der Waals surface area (Å²) < 4.78 is 12.4. The molecule has 0 aliphatic carbocycles. The second-order valence-electron chi connectivity index (χ2n) is 6.75. The molecule has 0 amide bonds. The number of nitrogen functional groups attached to an aromatic ring is 1. The second-order valence-corrected chi connectivity index (χ2v) is 6.75. The van der Waals surface area contributed by atoms with Crippen LogP contribution in [-0.4, -0.2) is 54.7 Å². The Hall–Kier alpha value is -3.47. The van der Waals surface area contributed by atoms with E-state index in [1.807, 2.05) is 30.3 Å². The molecule has 1 saturated heterocycles. The summed E-state index contributed by atoms with van der Waals surface area (Å²) in [6.45, 7) is 3.45. The maximum absolute atomic E-state index is 12.3. The van der Waals surface area contributed by atoms with Crippen LogP contribution in [0.1, 0.15) is 17.6 Å². The topological polar surface area (TPSA) is 149 Å². The first kappa shape index (κ1) is 19.8. The van der Waals surface area contributed by atoms with E-state index < -0.39 is 30.1 Å². The molecule has 3 aromatic rings. The van der Waals surface area contributed by atoms with Gasteiger partial charge in [0.1, 0.15) is 30.7 Å². The van der Waals surface area contributed by atoms with E-state index >= 15 is 0 Å². The Morgan fingerprint density at radius 1 is 1.23 bits per heavy atom. The Balaban J connectivity index is 1.82. The quantitative estimate of drug-likeness (QED) is 0.432. The van der Waals surface area contributed by atoms with Crippen LogP contribution in [0.2, 0.25) is 0 Å². The predicted octanol–water partition coefficient (Wildman–Crippen LogP) is 0.651.